The van der Waals surface area contributed by atoms with Crippen molar-refractivity contribution in [2.24, 2.45) is 0 Å². The molecule has 0 aliphatic rings. The van der Waals surface area contributed by atoms with Crippen LogP contribution >= 0.6 is 0 Å². The fraction of sp³-hybridized carbons (Fsp3) is 0.133. The summed E-state index contributed by atoms with van der Waals surface area (Å²) in [5.41, 5.74) is 3.56. The Kier molecular flexibility index (Phi) is 2.95. The van der Waals surface area contributed by atoms with Gasteiger partial charge < -0.3 is 9.63 Å². The lowest BCUT2D eigenvalue weighted by atomic mass is 10.1. The van der Waals surface area contributed by atoms with E-state index in [-0.39, 0.29) is 5.75 Å². The molecular weight excluding hydrogens is 254 g/mol. The first-order valence-corrected chi connectivity index (χ1v) is 6.20. The Labute approximate surface area is 115 Å². The second kappa shape index (κ2) is 4.77. The summed E-state index contributed by atoms with van der Waals surface area (Å²) in [7, 11) is 0. The molecule has 1 aromatic carbocycles. The van der Waals surface area contributed by atoms with Gasteiger partial charge in [-0.1, -0.05) is 11.2 Å². The average molecular weight is 267 g/mol. The Morgan fingerprint density at radius 2 is 1.85 bits per heavy atom. The van der Waals surface area contributed by atoms with Gasteiger partial charge in [0.05, 0.1) is 0 Å². The molecule has 0 bridgehead atoms. The van der Waals surface area contributed by atoms with Gasteiger partial charge in [0, 0.05) is 11.8 Å². The van der Waals surface area contributed by atoms with E-state index in [9.17, 15) is 5.11 Å². The van der Waals surface area contributed by atoms with E-state index in [1.807, 2.05) is 19.9 Å². The fourth-order valence-corrected chi connectivity index (χ4v) is 1.99. The molecule has 100 valence electrons. The number of rotatable bonds is 2. The predicted molar refractivity (Wildman–Crippen MR) is 74.1 cm³/mol. The topological polar surface area (TPSA) is 72.0 Å². The summed E-state index contributed by atoms with van der Waals surface area (Å²) in [4.78, 5) is 8.69. The van der Waals surface area contributed by atoms with Crippen molar-refractivity contribution in [2.75, 3.05) is 0 Å². The minimum atomic E-state index is 0.199. The molecule has 3 rings (SSSR count). The van der Waals surface area contributed by atoms with Gasteiger partial charge in [0.1, 0.15) is 11.4 Å². The zero-order chi connectivity index (χ0) is 14.1. The maximum absolute atomic E-state index is 9.27. The van der Waals surface area contributed by atoms with Gasteiger partial charge in [-0.05, 0) is 49.2 Å². The van der Waals surface area contributed by atoms with Crippen molar-refractivity contribution >= 4 is 0 Å². The van der Waals surface area contributed by atoms with E-state index >= 15 is 0 Å². The number of pyridine rings is 1. The Bertz CT molecular complexity index is 748. The summed E-state index contributed by atoms with van der Waals surface area (Å²) in [6.45, 7) is 3.95. The molecule has 0 amide bonds. The van der Waals surface area contributed by atoms with Gasteiger partial charge in [0.25, 0.3) is 5.89 Å². The van der Waals surface area contributed by atoms with Crippen LogP contribution in [-0.2, 0) is 0 Å². The monoisotopic (exact) mass is 267 g/mol. The third kappa shape index (κ3) is 2.25. The molecule has 2 heterocycles. The highest BCUT2D eigenvalue weighted by molar-refractivity contribution is 5.60. The molecule has 3 aromatic rings. The largest absolute Gasteiger partial charge is 0.508 e. The molecule has 0 aliphatic carbocycles. The molecule has 0 fully saturated rings. The van der Waals surface area contributed by atoms with Crippen LogP contribution in [0.1, 0.15) is 11.1 Å². The maximum atomic E-state index is 9.27. The van der Waals surface area contributed by atoms with Crippen molar-refractivity contribution in [3.05, 3.63) is 47.7 Å². The highest BCUT2D eigenvalue weighted by Gasteiger charge is 2.13. The first kappa shape index (κ1) is 12.3. The summed E-state index contributed by atoms with van der Waals surface area (Å²) < 4.78 is 5.25. The van der Waals surface area contributed by atoms with Gasteiger partial charge in [-0.2, -0.15) is 4.98 Å². The van der Waals surface area contributed by atoms with Crippen molar-refractivity contribution in [1.29, 1.82) is 0 Å². The van der Waals surface area contributed by atoms with Crippen LogP contribution in [0.25, 0.3) is 23.0 Å². The van der Waals surface area contributed by atoms with Gasteiger partial charge >= 0.3 is 0 Å². The van der Waals surface area contributed by atoms with Crippen LogP contribution in [-0.4, -0.2) is 20.2 Å². The molecule has 0 aliphatic heterocycles. The second-order valence-electron chi connectivity index (χ2n) is 4.65. The van der Waals surface area contributed by atoms with E-state index in [0.717, 1.165) is 16.7 Å². The standard InChI is InChI=1S/C15H13N3O2/c1-9-7-10(2)13(16-8-9)14-17-15(20-18-14)11-3-5-12(19)6-4-11/h3-8,19H,1-2H3. The molecular formula is C15H13N3O2. The lowest BCUT2D eigenvalue weighted by Gasteiger charge is -2.00. The summed E-state index contributed by atoms with van der Waals surface area (Å²) in [6, 6.07) is 8.63. The van der Waals surface area contributed by atoms with Gasteiger partial charge in [-0.15, -0.1) is 0 Å². The molecule has 0 unspecified atom stereocenters. The maximum Gasteiger partial charge on any atom is 0.258 e. The Hall–Kier alpha value is -2.69. The highest BCUT2D eigenvalue weighted by Crippen LogP contribution is 2.24. The number of benzene rings is 1. The molecule has 5 nitrogen and oxygen atoms in total. The van der Waals surface area contributed by atoms with E-state index in [4.69, 9.17) is 4.52 Å². The Morgan fingerprint density at radius 3 is 2.55 bits per heavy atom. The van der Waals surface area contributed by atoms with Crippen LogP contribution in [0.15, 0.2) is 41.1 Å². The second-order valence-corrected chi connectivity index (χ2v) is 4.65. The van der Waals surface area contributed by atoms with Crippen LogP contribution in [0.5, 0.6) is 5.75 Å². The van der Waals surface area contributed by atoms with Crippen LogP contribution in [0.2, 0.25) is 0 Å². The minimum Gasteiger partial charge on any atom is -0.508 e. The first-order chi connectivity index (χ1) is 9.63. The first-order valence-electron chi connectivity index (χ1n) is 6.20. The third-order valence-corrected chi connectivity index (χ3v) is 2.97. The molecule has 5 heteroatoms. The van der Waals surface area contributed by atoms with Crippen LogP contribution in [0.4, 0.5) is 0 Å². The van der Waals surface area contributed by atoms with Gasteiger partial charge in [-0.3, -0.25) is 4.98 Å². The van der Waals surface area contributed by atoms with E-state index in [1.54, 1.807) is 30.5 Å². The lowest BCUT2D eigenvalue weighted by Crippen LogP contribution is -1.91. The molecule has 20 heavy (non-hydrogen) atoms. The van der Waals surface area contributed by atoms with Crippen molar-refractivity contribution in [1.82, 2.24) is 15.1 Å². The van der Waals surface area contributed by atoms with Gasteiger partial charge in [0.2, 0.25) is 5.82 Å². The SMILES string of the molecule is Cc1cnc(-c2noc(-c3ccc(O)cc3)n2)c(C)c1. The highest BCUT2D eigenvalue weighted by atomic mass is 16.5. The Morgan fingerprint density at radius 1 is 1.10 bits per heavy atom. The lowest BCUT2D eigenvalue weighted by molar-refractivity contribution is 0.432. The zero-order valence-electron chi connectivity index (χ0n) is 11.2. The molecule has 0 atom stereocenters. The molecule has 0 radical (unpaired) electrons. The summed E-state index contributed by atoms with van der Waals surface area (Å²) in [5.74, 6) is 1.07. The average Bonchev–Trinajstić information content (AvgIpc) is 2.89. The number of hydrogen-bond acceptors (Lipinski definition) is 5. The fourth-order valence-electron chi connectivity index (χ4n) is 1.99. The van der Waals surface area contributed by atoms with Crippen LogP contribution < -0.4 is 0 Å². The summed E-state index contributed by atoms with van der Waals surface area (Å²) in [6.07, 6.45) is 1.78. The van der Waals surface area contributed by atoms with Crippen molar-refractivity contribution in [3.8, 4) is 28.7 Å². The van der Waals surface area contributed by atoms with Crippen molar-refractivity contribution in [3.63, 3.8) is 0 Å². The number of aromatic hydroxyl groups is 1. The van der Waals surface area contributed by atoms with Gasteiger partial charge in [-0.25, -0.2) is 0 Å². The third-order valence-electron chi connectivity index (χ3n) is 2.97. The smallest absolute Gasteiger partial charge is 0.258 e. The number of aryl methyl sites for hydroxylation is 2. The van der Waals surface area contributed by atoms with Crippen molar-refractivity contribution in [2.45, 2.75) is 13.8 Å². The van der Waals surface area contributed by atoms with E-state index in [2.05, 4.69) is 15.1 Å². The molecule has 0 saturated heterocycles. The number of nitrogens with zero attached hydrogens (tertiary/aromatic N) is 3. The van der Waals surface area contributed by atoms with Crippen molar-refractivity contribution < 1.29 is 9.63 Å². The quantitative estimate of drug-likeness (QED) is 0.772. The number of phenols is 1. The minimum absolute atomic E-state index is 0.199. The number of aromatic nitrogens is 3. The van der Waals surface area contributed by atoms with E-state index in [0.29, 0.717) is 17.4 Å². The summed E-state index contributed by atoms with van der Waals surface area (Å²) in [5, 5.41) is 13.2. The predicted octanol–water partition coefficient (Wildman–Crippen LogP) is 3.12. The molecule has 1 N–H and O–H groups in total. The molecule has 0 saturated carbocycles. The Balaban J connectivity index is 1.99. The molecule has 2 aromatic heterocycles. The van der Waals surface area contributed by atoms with E-state index in [1.165, 1.54) is 0 Å². The molecule has 0 spiro atoms. The zero-order valence-corrected chi connectivity index (χ0v) is 11.2. The van der Waals surface area contributed by atoms with Gasteiger partial charge in [0.15, 0.2) is 0 Å². The van der Waals surface area contributed by atoms with E-state index < -0.39 is 0 Å². The summed E-state index contributed by atoms with van der Waals surface area (Å²) >= 11 is 0. The number of hydrogen-bond donors (Lipinski definition) is 1. The normalized spacial score (nSPS) is 10.7. The number of phenolic OH excluding ortho intramolecular Hbond substituents is 1. The van der Waals surface area contributed by atoms with Crippen LogP contribution in [0, 0.1) is 13.8 Å². The van der Waals surface area contributed by atoms with Crippen LogP contribution in [0.3, 0.4) is 0 Å².